The van der Waals surface area contributed by atoms with Gasteiger partial charge in [0.15, 0.2) is 0 Å². The molecule has 1 amide bonds. The van der Waals surface area contributed by atoms with Gasteiger partial charge in [0.1, 0.15) is 5.75 Å². The van der Waals surface area contributed by atoms with Crippen LogP contribution in [0.4, 0.5) is 0 Å². The summed E-state index contributed by atoms with van der Waals surface area (Å²) in [7, 11) is 3.33. The number of amides is 1. The van der Waals surface area contributed by atoms with Crippen LogP contribution >= 0.6 is 0 Å². The smallest absolute Gasteiger partial charge is 0.252 e. The number of allylic oxidation sites excluding steroid dienone is 1. The van der Waals surface area contributed by atoms with Gasteiger partial charge in [-0.05, 0) is 60.2 Å². The van der Waals surface area contributed by atoms with Crippen molar-refractivity contribution in [3.8, 4) is 5.75 Å². The maximum absolute atomic E-state index is 13.1. The largest absolute Gasteiger partial charge is 0.497 e. The minimum absolute atomic E-state index is 0.0355. The highest BCUT2D eigenvalue weighted by Crippen LogP contribution is 2.37. The molecule has 0 fully saturated rings. The van der Waals surface area contributed by atoms with E-state index in [0.29, 0.717) is 13.2 Å². The monoisotopic (exact) mass is 402 g/mol. The second-order valence-electron chi connectivity index (χ2n) is 7.38. The van der Waals surface area contributed by atoms with Crippen LogP contribution in [0.3, 0.4) is 0 Å². The van der Waals surface area contributed by atoms with E-state index in [1.807, 2.05) is 48.5 Å². The van der Waals surface area contributed by atoms with E-state index in [9.17, 15) is 4.79 Å². The first-order valence-corrected chi connectivity index (χ1v) is 10.2. The molecule has 2 aromatic carbocycles. The molecule has 1 aliphatic rings. The fourth-order valence-electron chi connectivity index (χ4n) is 3.95. The molecule has 1 aromatic heterocycles. The van der Waals surface area contributed by atoms with Crippen LogP contribution in [0.2, 0.25) is 0 Å². The molecular weight excluding hydrogens is 376 g/mol. The quantitative estimate of drug-likeness (QED) is 0.591. The molecule has 0 bridgehead atoms. The summed E-state index contributed by atoms with van der Waals surface area (Å²) in [5.41, 5.74) is 5.84. The fraction of sp³-hybridized carbons (Fsp3) is 0.280. The van der Waals surface area contributed by atoms with Crippen LogP contribution in [0.25, 0.3) is 22.6 Å². The molecule has 0 spiro atoms. The first-order valence-electron chi connectivity index (χ1n) is 10.2. The number of hydrogen-bond acceptors (Lipinski definition) is 4. The lowest BCUT2D eigenvalue weighted by molar-refractivity contribution is 0.0949. The number of rotatable bonds is 7. The van der Waals surface area contributed by atoms with E-state index < -0.39 is 0 Å². The van der Waals surface area contributed by atoms with Gasteiger partial charge in [0.05, 0.1) is 23.9 Å². The fourth-order valence-corrected chi connectivity index (χ4v) is 3.95. The zero-order chi connectivity index (χ0) is 20.9. The topological polar surface area (TPSA) is 60.5 Å². The summed E-state index contributed by atoms with van der Waals surface area (Å²) in [5, 5.41) is 3.96. The van der Waals surface area contributed by atoms with Crippen LogP contribution in [0.15, 0.2) is 48.5 Å². The Hall–Kier alpha value is -3.18. The van der Waals surface area contributed by atoms with Crippen molar-refractivity contribution in [3.05, 3.63) is 70.9 Å². The van der Waals surface area contributed by atoms with Crippen molar-refractivity contribution < 1.29 is 14.3 Å². The summed E-state index contributed by atoms with van der Waals surface area (Å²) in [5.74, 6) is 0.798. The number of pyridine rings is 1. The van der Waals surface area contributed by atoms with Crippen molar-refractivity contribution >= 4 is 28.5 Å². The van der Waals surface area contributed by atoms with E-state index in [4.69, 9.17) is 14.5 Å². The first-order chi connectivity index (χ1) is 14.7. The number of nitrogens with zero attached hydrogens (tertiary/aromatic N) is 1. The second-order valence-corrected chi connectivity index (χ2v) is 7.38. The Balaban J connectivity index is 1.73. The molecular formula is C25H26N2O3. The maximum Gasteiger partial charge on any atom is 0.252 e. The minimum Gasteiger partial charge on any atom is -0.497 e. The van der Waals surface area contributed by atoms with Crippen molar-refractivity contribution in [1.29, 1.82) is 0 Å². The molecule has 30 heavy (non-hydrogen) atoms. The number of hydrogen-bond donors (Lipinski definition) is 1. The normalized spacial score (nSPS) is 14.1. The minimum atomic E-state index is -0.0355. The SMILES string of the molecule is COCCCNC(=O)c1c2c(nc3ccccc13)/C(=C/c1ccc(OC)cc1)CC2. The van der Waals surface area contributed by atoms with Crippen molar-refractivity contribution in [1.82, 2.24) is 10.3 Å². The number of benzene rings is 2. The molecule has 154 valence electrons. The lowest BCUT2D eigenvalue weighted by Crippen LogP contribution is -2.26. The lowest BCUT2D eigenvalue weighted by Gasteiger charge is -2.13. The Morgan fingerprint density at radius 3 is 2.67 bits per heavy atom. The van der Waals surface area contributed by atoms with E-state index in [0.717, 1.165) is 63.9 Å². The maximum atomic E-state index is 13.1. The Labute approximate surface area is 176 Å². The molecule has 0 radical (unpaired) electrons. The van der Waals surface area contributed by atoms with Gasteiger partial charge in [0.2, 0.25) is 0 Å². The number of aromatic nitrogens is 1. The Morgan fingerprint density at radius 1 is 1.10 bits per heavy atom. The summed E-state index contributed by atoms with van der Waals surface area (Å²) in [4.78, 5) is 18.0. The van der Waals surface area contributed by atoms with Crippen LogP contribution in [0.1, 0.15) is 40.0 Å². The lowest BCUT2D eigenvalue weighted by atomic mass is 10.00. The standard InChI is InChI=1S/C25H26N2O3/c1-29-15-5-14-26-25(28)23-20-6-3-4-7-22(20)27-24-18(10-13-21(23)24)16-17-8-11-19(30-2)12-9-17/h3-4,6-9,11-12,16H,5,10,13-15H2,1-2H3,(H,26,28)/b18-16+. The average Bonchev–Trinajstić information content (AvgIpc) is 3.17. The molecule has 0 atom stereocenters. The second kappa shape index (κ2) is 9.09. The highest BCUT2D eigenvalue weighted by atomic mass is 16.5. The third-order valence-electron chi connectivity index (χ3n) is 5.44. The highest BCUT2D eigenvalue weighted by Gasteiger charge is 2.26. The van der Waals surface area contributed by atoms with Crippen LogP contribution in [0, 0.1) is 0 Å². The van der Waals surface area contributed by atoms with Crippen molar-refractivity contribution in [2.75, 3.05) is 27.4 Å². The van der Waals surface area contributed by atoms with Gasteiger partial charge in [0, 0.05) is 25.6 Å². The number of fused-ring (bicyclic) bond motifs is 2. The molecule has 1 heterocycles. The van der Waals surface area contributed by atoms with E-state index in [1.165, 1.54) is 0 Å². The number of methoxy groups -OCH3 is 2. The Kier molecular flexibility index (Phi) is 6.10. The zero-order valence-corrected chi connectivity index (χ0v) is 17.4. The number of nitrogens with one attached hydrogen (secondary N) is 1. The average molecular weight is 402 g/mol. The van der Waals surface area contributed by atoms with Crippen LogP contribution in [0.5, 0.6) is 5.75 Å². The summed E-state index contributed by atoms with van der Waals surface area (Å²) in [6, 6.07) is 15.9. The van der Waals surface area contributed by atoms with E-state index >= 15 is 0 Å². The van der Waals surface area contributed by atoms with E-state index in [1.54, 1.807) is 14.2 Å². The van der Waals surface area contributed by atoms with Gasteiger partial charge in [-0.2, -0.15) is 0 Å². The van der Waals surface area contributed by atoms with Gasteiger partial charge in [-0.25, -0.2) is 4.98 Å². The molecule has 0 saturated carbocycles. The summed E-state index contributed by atoms with van der Waals surface area (Å²) in [6.07, 6.45) is 4.63. The van der Waals surface area contributed by atoms with Gasteiger partial charge in [-0.3, -0.25) is 4.79 Å². The van der Waals surface area contributed by atoms with Crippen LogP contribution in [-0.2, 0) is 11.2 Å². The number of para-hydroxylation sites is 1. The van der Waals surface area contributed by atoms with E-state index in [2.05, 4.69) is 11.4 Å². The molecule has 3 aromatic rings. The Bertz CT molecular complexity index is 1090. The summed E-state index contributed by atoms with van der Waals surface area (Å²) >= 11 is 0. The van der Waals surface area contributed by atoms with Gasteiger partial charge < -0.3 is 14.8 Å². The van der Waals surface area contributed by atoms with Crippen molar-refractivity contribution in [3.63, 3.8) is 0 Å². The van der Waals surface area contributed by atoms with Gasteiger partial charge in [-0.1, -0.05) is 30.3 Å². The Morgan fingerprint density at radius 2 is 1.90 bits per heavy atom. The number of ether oxygens (including phenoxy) is 2. The first kappa shape index (κ1) is 20.1. The molecule has 5 heteroatoms. The zero-order valence-electron chi connectivity index (χ0n) is 17.4. The third kappa shape index (κ3) is 4.07. The number of carbonyl (C=O) groups is 1. The highest BCUT2D eigenvalue weighted by molar-refractivity contribution is 6.09. The molecule has 4 rings (SSSR count). The molecule has 5 nitrogen and oxygen atoms in total. The molecule has 0 aliphatic heterocycles. The summed E-state index contributed by atoms with van der Waals surface area (Å²) < 4.78 is 10.3. The predicted molar refractivity (Wildman–Crippen MR) is 120 cm³/mol. The van der Waals surface area contributed by atoms with Gasteiger partial charge in [-0.15, -0.1) is 0 Å². The molecule has 0 unspecified atom stereocenters. The van der Waals surface area contributed by atoms with E-state index in [-0.39, 0.29) is 5.91 Å². The van der Waals surface area contributed by atoms with Gasteiger partial charge >= 0.3 is 0 Å². The molecule has 0 saturated heterocycles. The predicted octanol–water partition coefficient (Wildman–Crippen LogP) is 4.50. The van der Waals surface area contributed by atoms with Crippen LogP contribution < -0.4 is 10.1 Å². The molecule has 1 aliphatic carbocycles. The number of carbonyl (C=O) groups excluding carboxylic acids is 1. The summed E-state index contributed by atoms with van der Waals surface area (Å²) in [6.45, 7) is 1.22. The molecule has 1 N–H and O–H groups in total. The van der Waals surface area contributed by atoms with Crippen molar-refractivity contribution in [2.24, 2.45) is 0 Å². The third-order valence-corrected chi connectivity index (χ3v) is 5.44. The van der Waals surface area contributed by atoms with Crippen LogP contribution in [-0.4, -0.2) is 38.3 Å². The van der Waals surface area contributed by atoms with Gasteiger partial charge in [0.25, 0.3) is 5.91 Å². The van der Waals surface area contributed by atoms with Crippen molar-refractivity contribution in [2.45, 2.75) is 19.3 Å².